The molecule has 2 aromatic heterocycles. The summed E-state index contributed by atoms with van der Waals surface area (Å²) in [7, 11) is 0. The number of furan rings is 1. The minimum absolute atomic E-state index is 0.0283. The topological polar surface area (TPSA) is 110 Å². The molecular formula is C26H39N5O4. The molecule has 9 heteroatoms. The van der Waals surface area contributed by atoms with Crippen molar-refractivity contribution in [3.63, 3.8) is 0 Å². The fourth-order valence-corrected chi connectivity index (χ4v) is 4.17. The number of hydrogen-bond donors (Lipinski definition) is 2. The normalized spacial score (nSPS) is 18.4. The third-order valence-electron chi connectivity index (χ3n) is 5.90. The number of carbonyl (C=O) groups is 2. The SMILES string of the molecule is CC(=O)OCC1CNCC(N(CC(C)C)C(=O)c2cnc(C(C)(C)C)nc2NCc2ccco2)C1. The second-order valence-electron chi connectivity index (χ2n) is 10.7. The largest absolute Gasteiger partial charge is 0.467 e. The molecule has 1 saturated heterocycles. The van der Waals surface area contributed by atoms with Gasteiger partial charge in [-0.3, -0.25) is 9.59 Å². The summed E-state index contributed by atoms with van der Waals surface area (Å²) < 4.78 is 10.7. The van der Waals surface area contributed by atoms with Crippen LogP contribution in [-0.4, -0.2) is 59.0 Å². The van der Waals surface area contributed by atoms with Crippen molar-refractivity contribution in [3.8, 4) is 0 Å². The van der Waals surface area contributed by atoms with Gasteiger partial charge >= 0.3 is 5.97 Å². The molecule has 1 aliphatic heterocycles. The molecule has 35 heavy (non-hydrogen) atoms. The van der Waals surface area contributed by atoms with E-state index in [9.17, 15) is 9.59 Å². The molecule has 2 unspecified atom stereocenters. The van der Waals surface area contributed by atoms with Crippen LogP contribution in [0.4, 0.5) is 5.82 Å². The molecule has 9 nitrogen and oxygen atoms in total. The maximum atomic E-state index is 14.0. The zero-order valence-electron chi connectivity index (χ0n) is 21.8. The van der Waals surface area contributed by atoms with Gasteiger partial charge in [-0.05, 0) is 24.5 Å². The highest BCUT2D eigenvalue weighted by Gasteiger charge is 2.33. The van der Waals surface area contributed by atoms with Crippen molar-refractivity contribution >= 4 is 17.7 Å². The van der Waals surface area contributed by atoms with Crippen molar-refractivity contribution in [2.24, 2.45) is 11.8 Å². The van der Waals surface area contributed by atoms with E-state index < -0.39 is 0 Å². The van der Waals surface area contributed by atoms with Crippen molar-refractivity contribution in [2.45, 2.75) is 66.0 Å². The van der Waals surface area contributed by atoms with Crippen LogP contribution in [0.15, 0.2) is 29.0 Å². The molecule has 1 fully saturated rings. The Morgan fingerprint density at radius 3 is 2.71 bits per heavy atom. The molecule has 3 heterocycles. The lowest BCUT2D eigenvalue weighted by Crippen LogP contribution is -2.53. The van der Waals surface area contributed by atoms with Gasteiger partial charge in [0.05, 0.1) is 19.4 Å². The molecule has 0 saturated carbocycles. The molecule has 1 amide bonds. The maximum Gasteiger partial charge on any atom is 0.302 e. The van der Waals surface area contributed by atoms with E-state index in [-0.39, 0.29) is 35.2 Å². The lowest BCUT2D eigenvalue weighted by Gasteiger charge is -2.39. The van der Waals surface area contributed by atoms with Crippen LogP contribution >= 0.6 is 0 Å². The van der Waals surface area contributed by atoms with Crippen LogP contribution < -0.4 is 10.6 Å². The molecule has 2 N–H and O–H groups in total. The Balaban J connectivity index is 1.88. The van der Waals surface area contributed by atoms with Gasteiger partial charge in [-0.2, -0.15) is 0 Å². The van der Waals surface area contributed by atoms with Crippen LogP contribution in [-0.2, 0) is 21.5 Å². The fraction of sp³-hybridized carbons (Fsp3) is 0.615. The van der Waals surface area contributed by atoms with E-state index in [0.29, 0.717) is 43.4 Å². The van der Waals surface area contributed by atoms with Crippen LogP contribution in [0.2, 0.25) is 0 Å². The van der Waals surface area contributed by atoms with E-state index in [0.717, 1.165) is 18.7 Å². The first-order valence-corrected chi connectivity index (χ1v) is 12.3. The summed E-state index contributed by atoms with van der Waals surface area (Å²) in [6.07, 6.45) is 4.02. The standard InChI is InChI=1S/C26H39N5O4/c1-17(2)15-31(20-10-19(11-27-12-20)16-35-18(3)32)24(33)22-14-29-25(26(4,5)6)30-23(22)28-13-21-8-7-9-34-21/h7-9,14,17,19-20,27H,10-13,15-16H2,1-6H3,(H,28,29,30). The summed E-state index contributed by atoms with van der Waals surface area (Å²) >= 11 is 0. The van der Waals surface area contributed by atoms with Gasteiger partial charge < -0.3 is 24.7 Å². The van der Waals surface area contributed by atoms with Crippen LogP contribution in [0.5, 0.6) is 0 Å². The summed E-state index contributed by atoms with van der Waals surface area (Å²) in [6, 6.07) is 3.68. The number of nitrogens with zero attached hydrogens (tertiary/aromatic N) is 3. The Labute approximate surface area is 208 Å². The lowest BCUT2D eigenvalue weighted by molar-refractivity contribution is -0.142. The summed E-state index contributed by atoms with van der Waals surface area (Å²) in [6.45, 7) is 14.6. The number of nitrogens with one attached hydrogen (secondary N) is 2. The third kappa shape index (κ3) is 7.52. The molecule has 0 radical (unpaired) electrons. The van der Waals surface area contributed by atoms with E-state index >= 15 is 0 Å². The Hall–Kier alpha value is -2.94. The zero-order chi connectivity index (χ0) is 25.6. The van der Waals surface area contributed by atoms with E-state index in [1.807, 2.05) is 37.8 Å². The number of rotatable bonds is 9. The minimum Gasteiger partial charge on any atom is -0.467 e. The number of aromatic nitrogens is 2. The van der Waals surface area contributed by atoms with E-state index in [4.69, 9.17) is 14.1 Å². The molecule has 0 bridgehead atoms. The van der Waals surface area contributed by atoms with Gasteiger partial charge in [0.25, 0.3) is 5.91 Å². The number of carbonyl (C=O) groups excluding carboxylic acids is 2. The number of ether oxygens (including phenoxy) is 1. The molecule has 0 spiro atoms. The first-order valence-electron chi connectivity index (χ1n) is 12.3. The molecule has 0 aromatic carbocycles. The zero-order valence-corrected chi connectivity index (χ0v) is 21.8. The third-order valence-corrected chi connectivity index (χ3v) is 5.90. The van der Waals surface area contributed by atoms with Crippen molar-refractivity contribution in [3.05, 3.63) is 41.7 Å². The van der Waals surface area contributed by atoms with Crippen molar-refractivity contribution in [1.29, 1.82) is 0 Å². The maximum absolute atomic E-state index is 14.0. The molecule has 192 valence electrons. The molecule has 0 aliphatic carbocycles. The van der Waals surface area contributed by atoms with E-state index in [1.54, 1.807) is 12.5 Å². The van der Waals surface area contributed by atoms with Gasteiger partial charge in [0.2, 0.25) is 0 Å². The second kappa shape index (κ2) is 11.7. The van der Waals surface area contributed by atoms with Crippen LogP contribution in [0, 0.1) is 11.8 Å². The summed E-state index contributed by atoms with van der Waals surface area (Å²) in [4.78, 5) is 36.5. The molecule has 2 atom stereocenters. The number of piperidine rings is 1. The minimum atomic E-state index is -0.286. The van der Waals surface area contributed by atoms with Crippen LogP contribution in [0.1, 0.15) is 69.9 Å². The molecular weight excluding hydrogens is 446 g/mol. The number of esters is 1. The number of hydrogen-bond acceptors (Lipinski definition) is 8. The van der Waals surface area contributed by atoms with Crippen LogP contribution in [0.25, 0.3) is 0 Å². The van der Waals surface area contributed by atoms with E-state index in [2.05, 4.69) is 29.5 Å². The summed E-state index contributed by atoms with van der Waals surface area (Å²) in [5, 5.41) is 6.71. The van der Waals surface area contributed by atoms with Crippen molar-refractivity contribution in [2.75, 3.05) is 31.6 Å². The highest BCUT2D eigenvalue weighted by molar-refractivity contribution is 5.98. The number of anilines is 1. The average molecular weight is 486 g/mol. The monoisotopic (exact) mass is 485 g/mol. The molecule has 1 aliphatic rings. The van der Waals surface area contributed by atoms with Crippen molar-refractivity contribution in [1.82, 2.24) is 20.2 Å². The average Bonchev–Trinajstić information content (AvgIpc) is 3.32. The highest BCUT2D eigenvalue weighted by Crippen LogP contribution is 2.26. The Kier molecular flexibility index (Phi) is 8.88. The smallest absolute Gasteiger partial charge is 0.302 e. The van der Waals surface area contributed by atoms with Gasteiger partial charge in [-0.25, -0.2) is 9.97 Å². The Morgan fingerprint density at radius 1 is 1.31 bits per heavy atom. The van der Waals surface area contributed by atoms with Gasteiger partial charge in [0.15, 0.2) is 0 Å². The van der Waals surface area contributed by atoms with Gasteiger partial charge in [0, 0.05) is 50.1 Å². The number of amides is 1. The predicted molar refractivity (Wildman–Crippen MR) is 134 cm³/mol. The van der Waals surface area contributed by atoms with Gasteiger partial charge in [0.1, 0.15) is 23.0 Å². The first-order chi connectivity index (χ1) is 16.5. The Bertz CT molecular complexity index is 984. The van der Waals surface area contributed by atoms with Gasteiger partial charge in [-0.15, -0.1) is 0 Å². The van der Waals surface area contributed by atoms with Crippen molar-refractivity contribution < 1.29 is 18.7 Å². The quantitative estimate of drug-likeness (QED) is 0.519. The predicted octanol–water partition coefficient (Wildman–Crippen LogP) is 3.62. The molecule has 2 aromatic rings. The molecule has 3 rings (SSSR count). The summed E-state index contributed by atoms with van der Waals surface area (Å²) in [5.41, 5.74) is 0.171. The second-order valence-corrected chi connectivity index (χ2v) is 10.7. The summed E-state index contributed by atoms with van der Waals surface area (Å²) in [5.74, 6) is 1.94. The first kappa shape index (κ1) is 26.7. The van der Waals surface area contributed by atoms with Gasteiger partial charge in [-0.1, -0.05) is 34.6 Å². The van der Waals surface area contributed by atoms with Crippen LogP contribution in [0.3, 0.4) is 0 Å². The highest BCUT2D eigenvalue weighted by atomic mass is 16.5. The lowest BCUT2D eigenvalue weighted by atomic mass is 9.94. The Morgan fingerprint density at radius 2 is 2.09 bits per heavy atom. The van der Waals surface area contributed by atoms with E-state index in [1.165, 1.54) is 6.92 Å². The fourth-order valence-electron chi connectivity index (χ4n) is 4.17.